The number of carbonyl (C=O) groups is 1. The van der Waals surface area contributed by atoms with Crippen LogP contribution in [0.15, 0.2) is 0 Å². The van der Waals surface area contributed by atoms with Crippen LogP contribution in [0, 0.1) is 11.3 Å². The third-order valence-electron chi connectivity index (χ3n) is 5.59. The molecule has 1 unspecified atom stereocenters. The lowest BCUT2D eigenvalue weighted by Gasteiger charge is -2.31. The minimum atomic E-state index is -4.20. The van der Waals surface area contributed by atoms with Crippen molar-refractivity contribution in [1.29, 1.82) is 0 Å². The van der Waals surface area contributed by atoms with Crippen LogP contribution in [0.5, 0.6) is 0 Å². The van der Waals surface area contributed by atoms with Crippen LogP contribution in [0.25, 0.3) is 0 Å². The highest BCUT2D eigenvalue weighted by atomic mass is 32.2. The average molecular weight is 351 g/mol. The van der Waals surface area contributed by atoms with Crippen LogP contribution in [-0.4, -0.2) is 54.3 Å². The first-order chi connectivity index (χ1) is 10.9. The van der Waals surface area contributed by atoms with Crippen molar-refractivity contribution in [3.63, 3.8) is 0 Å². The van der Waals surface area contributed by atoms with Gasteiger partial charge in [0.05, 0.1) is 17.3 Å². The normalized spacial score (nSPS) is 34.7. The molecule has 0 radical (unpaired) electrons. The zero-order valence-corrected chi connectivity index (χ0v) is 14.1. The maximum absolute atomic E-state index is 13.5. The van der Waals surface area contributed by atoms with Crippen molar-refractivity contribution in [2.24, 2.45) is 11.3 Å². The summed E-state index contributed by atoms with van der Waals surface area (Å²) in [6.07, 6.45) is 0.646. The fourth-order valence-corrected chi connectivity index (χ4v) is 5.25. The quantitative estimate of drug-likeness (QED) is 0.777. The van der Waals surface area contributed by atoms with Gasteiger partial charge in [-0.1, -0.05) is 6.42 Å². The van der Waals surface area contributed by atoms with Crippen LogP contribution >= 0.6 is 11.8 Å². The Kier molecular flexibility index (Phi) is 5.16. The van der Waals surface area contributed by atoms with Gasteiger partial charge in [0.25, 0.3) is 0 Å². The van der Waals surface area contributed by atoms with Crippen molar-refractivity contribution in [3.8, 4) is 0 Å². The van der Waals surface area contributed by atoms with Crippen molar-refractivity contribution < 1.29 is 22.7 Å². The number of nitrogens with zero attached hydrogens (tertiary/aromatic N) is 1. The molecule has 0 N–H and O–H groups in total. The molecule has 1 aliphatic carbocycles. The highest BCUT2D eigenvalue weighted by molar-refractivity contribution is 7.99. The molecule has 3 atom stereocenters. The Labute approximate surface area is 139 Å². The van der Waals surface area contributed by atoms with Gasteiger partial charge in [0.2, 0.25) is 5.91 Å². The molecule has 7 heteroatoms. The lowest BCUT2D eigenvalue weighted by molar-refractivity contribution is -0.226. The lowest BCUT2D eigenvalue weighted by Crippen LogP contribution is -2.43. The summed E-state index contributed by atoms with van der Waals surface area (Å²) in [4.78, 5) is 13.7. The Morgan fingerprint density at radius 1 is 1.26 bits per heavy atom. The Balaban J connectivity index is 1.49. The first kappa shape index (κ1) is 17.4. The van der Waals surface area contributed by atoms with Gasteiger partial charge in [-0.05, 0) is 38.0 Å². The van der Waals surface area contributed by atoms with Crippen LogP contribution in [0.2, 0.25) is 0 Å². The summed E-state index contributed by atoms with van der Waals surface area (Å²) in [6, 6.07) is 0. The number of likely N-dealkylation sites (tertiary alicyclic amines) is 1. The van der Waals surface area contributed by atoms with E-state index in [0.29, 0.717) is 12.8 Å². The molecule has 0 aromatic heterocycles. The molecule has 3 nitrogen and oxygen atoms in total. The first-order valence-electron chi connectivity index (χ1n) is 8.46. The molecule has 132 valence electrons. The number of thioether (sulfide) groups is 1. The molecule has 0 bridgehead atoms. The van der Waals surface area contributed by atoms with E-state index in [1.165, 1.54) is 16.7 Å². The predicted octanol–water partition coefficient (Wildman–Crippen LogP) is 3.48. The van der Waals surface area contributed by atoms with E-state index in [-0.39, 0.29) is 37.3 Å². The molecule has 3 aliphatic rings. The van der Waals surface area contributed by atoms with Gasteiger partial charge in [0, 0.05) is 25.4 Å². The summed E-state index contributed by atoms with van der Waals surface area (Å²) in [5.41, 5.74) is -1.64. The minimum absolute atomic E-state index is 0.138. The van der Waals surface area contributed by atoms with Crippen molar-refractivity contribution in [1.82, 2.24) is 4.90 Å². The fourth-order valence-electron chi connectivity index (χ4n) is 4.25. The van der Waals surface area contributed by atoms with Crippen LogP contribution in [0.3, 0.4) is 0 Å². The van der Waals surface area contributed by atoms with Gasteiger partial charge in [-0.3, -0.25) is 4.79 Å². The number of rotatable bonds is 4. The lowest BCUT2D eigenvalue weighted by atomic mass is 9.80. The molecule has 0 aromatic rings. The number of halogens is 3. The third kappa shape index (κ3) is 3.50. The molecule has 23 heavy (non-hydrogen) atoms. The standard InChI is InChI=1S/C16H24F3NO2S/c17-16(18,19)15-6-3-4-12(15)8-20(11-15)14(21)10-23-9-13-5-1-2-7-22-13/h12-13H,1-11H2/t12-,13?,15-/m0/s1. The second-order valence-corrected chi connectivity index (χ2v) is 8.05. The topological polar surface area (TPSA) is 29.5 Å². The number of amides is 1. The summed E-state index contributed by atoms with van der Waals surface area (Å²) in [6.45, 7) is 0.917. The maximum Gasteiger partial charge on any atom is 0.396 e. The van der Waals surface area contributed by atoms with Gasteiger partial charge in [0.15, 0.2) is 0 Å². The second-order valence-electron chi connectivity index (χ2n) is 7.02. The Hall–Kier alpha value is -0.430. The molecule has 2 aliphatic heterocycles. The van der Waals surface area contributed by atoms with Crippen LogP contribution in [0.1, 0.15) is 38.5 Å². The number of hydrogen-bond donors (Lipinski definition) is 0. The Morgan fingerprint density at radius 3 is 2.74 bits per heavy atom. The monoisotopic (exact) mass is 351 g/mol. The molecule has 3 fully saturated rings. The van der Waals surface area contributed by atoms with E-state index in [2.05, 4.69) is 0 Å². The zero-order chi connectivity index (χ0) is 16.5. The van der Waals surface area contributed by atoms with E-state index >= 15 is 0 Å². The van der Waals surface area contributed by atoms with Gasteiger partial charge in [-0.25, -0.2) is 0 Å². The number of fused-ring (bicyclic) bond motifs is 1. The highest BCUT2D eigenvalue weighted by Crippen LogP contribution is 2.57. The van der Waals surface area contributed by atoms with E-state index in [1.807, 2.05) is 0 Å². The molecule has 0 aromatic carbocycles. The second kappa shape index (κ2) is 6.82. The van der Waals surface area contributed by atoms with Crippen LogP contribution in [-0.2, 0) is 9.53 Å². The van der Waals surface area contributed by atoms with Gasteiger partial charge in [-0.2, -0.15) is 13.2 Å². The number of carbonyl (C=O) groups excluding carboxylic acids is 1. The van der Waals surface area contributed by atoms with Crippen LogP contribution in [0.4, 0.5) is 13.2 Å². The fraction of sp³-hybridized carbons (Fsp3) is 0.938. The molecule has 3 rings (SSSR count). The highest BCUT2D eigenvalue weighted by Gasteiger charge is 2.65. The third-order valence-corrected chi connectivity index (χ3v) is 6.65. The van der Waals surface area contributed by atoms with Crippen molar-refractivity contribution in [2.45, 2.75) is 50.8 Å². The van der Waals surface area contributed by atoms with E-state index < -0.39 is 17.5 Å². The van der Waals surface area contributed by atoms with Gasteiger partial charge in [-0.15, -0.1) is 11.8 Å². The number of ether oxygens (including phenoxy) is 1. The van der Waals surface area contributed by atoms with Crippen molar-refractivity contribution in [3.05, 3.63) is 0 Å². The van der Waals surface area contributed by atoms with E-state index in [9.17, 15) is 18.0 Å². The Morgan fingerprint density at radius 2 is 2.09 bits per heavy atom. The zero-order valence-electron chi connectivity index (χ0n) is 13.2. The van der Waals surface area contributed by atoms with Crippen LogP contribution < -0.4 is 0 Å². The molecule has 2 heterocycles. The Bertz CT molecular complexity index is 440. The first-order valence-corrected chi connectivity index (χ1v) is 9.62. The van der Waals surface area contributed by atoms with Crippen molar-refractivity contribution >= 4 is 17.7 Å². The van der Waals surface area contributed by atoms with Gasteiger partial charge < -0.3 is 9.64 Å². The number of hydrogen-bond acceptors (Lipinski definition) is 3. The van der Waals surface area contributed by atoms with E-state index in [0.717, 1.165) is 31.6 Å². The van der Waals surface area contributed by atoms with Gasteiger partial charge in [0.1, 0.15) is 0 Å². The van der Waals surface area contributed by atoms with E-state index in [1.54, 1.807) is 0 Å². The molecule has 2 saturated heterocycles. The SMILES string of the molecule is O=C(CSCC1CCCCO1)N1C[C@@H]2CCC[C@]2(C(F)(F)F)C1. The molecular formula is C16H24F3NO2S. The van der Waals surface area contributed by atoms with Crippen molar-refractivity contribution in [2.75, 3.05) is 31.2 Å². The minimum Gasteiger partial charge on any atom is -0.377 e. The summed E-state index contributed by atoms with van der Waals surface area (Å²) in [5.74, 6) is 0.468. The molecular weight excluding hydrogens is 327 g/mol. The average Bonchev–Trinajstić information content (AvgIpc) is 3.06. The molecule has 1 amide bonds. The molecule has 0 spiro atoms. The summed E-state index contributed by atoms with van der Waals surface area (Å²) >= 11 is 1.49. The predicted molar refractivity (Wildman–Crippen MR) is 83.3 cm³/mol. The summed E-state index contributed by atoms with van der Waals surface area (Å²) < 4.78 is 46.0. The maximum atomic E-state index is 13.5. The summed E-state index contributed by atoms with van der Waals surface area (Å²) in [7, 11) is 0. The smallest absolute Gasteiger partial charge is 0.377 e. The largest absolute Gasteiger partial charge is 0.396 e. The van der Waals surface area contributed by atoms with Gasteiger partial charge >= 0.3 is 6.18 Å². The molecule has 1 saturated carbocycles. The van der Waals surface area contributed by atoms with E-state index in [4.69, 9.17) is 4.74 Å². The summed E-state index contributed by atoms with van der Waals surface area (Å²) in [5, 5.41) is 0. The number of alkyl halides is 3.